The van der Waals surface area contributed by atoms with Gasteiger partial charge in [-0.3, -0.25) is 4.98 Å². The third kappa shape index (κ3) is 1.92. The highest BCUT2D eigenvalue weighted by atomic mass is 16.7. The second-order valence-corrected chi connectivity index (χ2v) is 4.01. The largest absolute Gasteiger partial charge is 0.463 e. The monoisotopic (exact) mass is 221 g/mol. The molecule has 0 N–H and O–H groups in total. The van der Waals surface area contributed by atoms with Crippen LogP contribution >= 0.6 is 0 Å². The summed E-state index contributed by atoms with van der Waals surface area (Å²) in [6.07, 6.45) is 4.60. The van der Waals surface area contributed by atoms with Crippen molar-refractivity contribution >= 4 is 0 Å². The van der Waals surface area contributed by atoms with Crippen LogP contribution in [0.3, 0.4) is 0 Å². The molecule has 1 aromatic heterocycles. The highest BCUT2D eigenvalue weighted by Gasteiger charge is 2.23. The lowest BCUT2D eigenvalue weighted by atomic mass is 10.0. The molecule has 88 valence electrons. The Morgan fingerprint density at radius 1 is 1.31 bits per heavy atom. The van der Waals surface area contributed by atoms with Crippen molar-refractivity contribution in [3.63, 3.8) is 0 Å². The predicted octanol–water partition coefficient (Wildman–Crippen LogP) is 2.85. The minimum Gasteiger partial charge on any atom is -0.463 e. The Morgan fingerprint density at radius 2 is 2.12 bits per heavy atom. The van der Waals surface area contributed by atoms with Crippen LogP contribution in [0.25, 0.3) is 0 Å². The Balaban J connectivity index is 2.42. The number of aromatic nitrogens is 1. The van der Waals surface area contributed by atoms with Crippen LogP contribution in [-0.2, 0) is 24.2 Å². The van der Waals surface area contributed by atoms with Crippen LogP contribution in [0, 0.1) is 0 Å². The summed E-state index contributed by atoms with van der Waals surface area (Å²) in [5.41, 5.74) is 3.48. The quantitative estimate of drug-likeness (QED) is 0.786. The van der Waals surface area contributed by atoms with Crippen molar-refractivity contribution < 1.29 is 9.47 Å². The van der Waals surface area contributed by atoms with Crippen LogP contribution in [-0.4, -0.2) is 11.3 Å². The maximum Gasteiger partial charge on any atom is 0.200 e. The van der Waals surface area contributed by atoms with E-state index in [9.17, 15) is 0 Å². The van der Waals surface area contributed by atoms with E-state index in [1.165, 1.54) is 11.1 Å². The van der Waals surface area contributed by atoms with Crippen molar-refractivity contribution in [3.05, 3.63) is 23.0 Å². The molecular weight excluding hydrogens is 202 g/mol. The fourth-order valence-corrected chi connectivity index (χ4v) is 2.01. The minimum absolute atomic E-state index is 0.105. The van der Waals surface area contributed by atoms with Gasteiger partial charge in [-0.2, -0.15) is 0 Å². The molecule has 0 fully saturated rings. The molecule has 16 heavy (non-hydrogen) atoms. The molecule has 0 bridgehead atoms. The molecule has 0 amide bonds. The van der Waals surface area contributed by atoms with E-state index in [2.05, 4.69) is 25.8 Å². The zero-order valence-electron chi connectivity index (χ0n) is 10.2. The second-order valence-electron chi connectivity index (χ2n) is 4.01. The van der Waals surface area contributed by atoms with Gasteiger partial charge in [0.25, 0.3) is 0 Å². The number of hydrogen-bond donors (Lipinski definition) is 0. The molecule has 0 saturated carbocycles. The number of ether oxygens (including phenoxy) is 2. The number of pyridine rings is 1. The first-order chi connectivity index (χ1) is 7.80. The van der Waals surface area contributed by atoms with Crippen LogP contribution in [0.2, 0.25) is 0 Å². The zero-order valence-corrected chi connectivity index (χ0v) is 10.2. The van der Waals surface area contributed by atoms with Gasteiger partial charge in [0.15, 0.2) is 6.29 Å². The summed E-state index contributed by atoms with van der Waals surface area (Å²) in [5, 5.41) is 0. The molecule has 0 spiro atoms. The lowest BCUT2D eigenvalue weighted by molar-refractivity contribution is -0.109. The fourth-order valence-electron chi connectivity index (χ4n) is 2.01. The van der Waals surface area contributed by atoms with Gasteiger partial charge in [0, 0.05) is 18.2 Å². The summed E-state index contributed by atoms with van der Waals surface area (Å²) >= 11 is 0. The summed E-state index contributed by atoms with van der Waals surface area (Å²) in [7, 11) is 0. The van der Waals surface area contributed by atoms with Crippen molar-refractivity contribution in [2.75, 3.05) is 0 Å². The number of fused-ring (bicyclic) bond motifs is 1. The average Bonchev–Trinajstić information content (AvgIpc) is 2.36. The maximum atomic E-state index is 5.86. The van der Waals surface area contributed by atoms with Gasteiger partial charge in [0.1, 0.15) is 5.75 Å². The van der Waals surface area contributed by atoms with Crippen molar-refractivity contribution in [2.24, 2.45) is 0 Å². The van der Waals surface area contributed by atoms with Crippen LogP contribution in [0.15, 0.2) is 6.20 Å². The van der Waals surface area contributed by atoms with E-state index in [-0.39, 0.29) is 6.29 Å². The standard InChI is InChI=1S/C13H19NO2/c1-4-9-7-14-11(5-2)13-10(9)8-15-12(6-3)16-13/h7,12H,4-6,8H2,1-3H3. The first-order valence-electron chi connectivity index (χ1n) is 6.07. The van der Waals surface area contributed by atoms with E-state index in [0.29, 0.717) is 6.61 Å². The molecule has 0 aliphatic carbocycles. The van der Waals surface area contributed by atoms with Crippen molar-refractivity contribution in [3.8, 4) is 5.75 Å². The van der Waals surface area contributed by atoms with E-state index in [0.717, 1.165) is 30.7 Å². The molecular formula is C13H19NO2. The summed E-state index contributed by atoms with van der Waals surface area (Å²) in [6.45, 7) is 6.97. The molecule has 2 rings (SSSR count). The molecule has 0 aromatic carbocycles. The van der Waals surface area contributed by atoms with Gasteiger partial charge in [-0.1, -0.05) is 20.8 Å². The predicted molar refractivity (Wildman–Crippen MR) is 62.5 cm³/mol. The Bertz CT molecular complexity index is 376. The third-order valence-corrected chi connectivity index (χ3v) is 3.01. The van der Waals surface area contributed by atoms with E-state index >= 15 is 0 Å². The summed E-state index contributed by atoms with van der Waals surface area (Å²) < 4.78 is 11.5. The number of aryl methyl sites for hydroxylation is 2. The Labute approximate surface area is 96.8 Å². The first-order valence-corrected chi connectivity index (χ1v) is 6.07. The van der Waals surface area contributed by atoms with E-state index < -0.39 is 0 Å². The minimum atomic E-state index is -0.105. The Hall–Kier alpha value is -1.09. The van der Waals surface area contributed by atoms with Gasteiger partial charge in [-0.25, -0.2) is 0 Å². The maximum absolute atomic E-state index is 5.86. The molecule has 3 nitrogen and oxygen atoms in total. The summed E-state index contributed by atoms with van der Waals surface area (Å²) in [4.78, 5) is 4.47. The van der Waals surface area contributed by atoms with Crippen LogP contribution in [0.1, 0.15) is 44.0 Å². The number of rotatable bonds is 3. The first kappa shape index (κ1) is 11.4. The van der Waals surface area contributed by atoms with Gasteiger partial charge < -0.3 is 9.47 Å². The van der Waals surface area contributed by atoms with Crippen molar-refractivity contribution in [1.82, 2.24) is 4.98 Å². The Kier molecular flexibility index (Phi) is 3.44. The summed E-state index contributed by atoms with van der Waals surface area (Å²) in [6, 6.07) is 0. The molecule has 1 aromatic rings. The van der Waals surface area contributed by atoms with Gasteiger partial charge >= 0.3 is 0 Å². The molecule has 1 unspecified atom stereocenters. The highest BCUT2D eigenvalue weighted by Crippen LogP contribution is 2.32. The van der Waals surface area contributed by atoms with Gasteiger partial charge in [0.2, 0.25) is 0 Å². The molecule has 1 aliphatic rings. The molecule has 0 radical (unpaired) electrons. The lowest BCUT2D eigenvalue weighted by Crippen LogP contribution is -2.26. The highest BCUT2D eigenvalue weighted by molar-refractivity contribution is 5.43. The lowest BCUT2D eigenvalue weighted by Gasteiger charge is -2.28. The van der Waals surface area contributed by atoms with E-state index in [4.69, 9.17) is 9.47 Å². The van der Waals surface area contributed by atoms with Gasteiger partial charge in [-0.05, 0) is 18.4 Å². The molecule has 1 atom stereocenters. The Morgan fingerprint density at radius 3 is 2.75 bits per heavy atom. The molecule has 3 heteroatoms. The summed E-state index contributed by atoms with van der Waals surface area (Å²) in [5.74, 6) is 0.972. The normalized spacial score (nSPS) is 19.1. The van der Waals surface area contributed by atoms with Crippen LogP contribution in [0.4, 0.5) is 0 Å². The third-order valence-electron chi connectivity index (χ3n) is 3.01. The topological polar surface area (TPSA) is 31.4 Å². The van der Waals surface area contributed by atoms with Crippen molar-refractivity contribution in [1.29, 1.82) is 0 Å². The smallest absolute Gasteiger partial charge is 0.200 e. The molecule has 0 saturated heterocycles. The average molecular weight is 221 g/mol. The van der Waals surface area contributed by atoms with Crippen LogP contribution in [0.5, 0.6) is 5.75 Å². The fraction of sp³-hybridized carbons (Fsp3) is 0.615. The number of hydrogen-bond acceptors (Lipinski definition) is 3. The van der Waals surface area contributed by atoms with Crippen molar-refractivity contribution in [2.45, 2.75) is 52.9 Å². The SMILES string of the molecule is CCc1cnc(CC)c2c1COC(CC)O2. The second kappa shape index (κ2) is 4.83. The van der Waals surface area contributed by atoms with Crippen LogP contribution < -0.4 is 4.74 Å². The van der Waals surface area contributed by atoms with E-state index in [1.54, 1.807) is 0 Å². The van der Waals surface area contributed by atoms with Gasteiger partial charge in [-0.15, -0.1) is 0 Å². The van der Waals surface area contributed by atoms with Gasteiger partial charge in [0.05, 0.1) is 12.3 Å². The molecule has 2 heterocycles. The van der Waals surface area contributed by atoms with E-state index in [1.807, 2.05) is 6.20 Å². The number of nitrogens with zero attached hydrogens (tertiary/aromatic N) is 1. The molecule has 1 aliphatic heterocycles. The zero-order chi connectivity index (χ0) is 11.5.